The zero-order chi connectivity index (χ0) is 22.6. The number of carbonyl (C=O) groups is 2. The van der Waals surface area contributed by atoms with Crippen LogP contribution in [-0.4, -0.2) is 64.9 Å². The number of amides is 2. The number of likely N-dealkylation sites (N-methyl/N-ethyl adjacent to an activating group) is 1. The van der Waals surface area contributed by atoms with Crippen molar-refractivity contribution in [3.05, 3.63) is 53.6 Å². The van der Waals surface area contributed by atoms with Gasteiger partial charge in [-0.2, -0.15) is 0 Å². The second-order valence-electron chi connectivity index (χ2n) is 9.19. The average molecular weight is 437 g/mol. The molecule has 0 N–H and O–H groups in total. The summed E-state index contributed by atoms with van der Waals surface area (Å²) in [7, 11) is 1.87. The van der Waals surface area contributed by atoms with Crippen molar-refractivity contribution in [2.24, 2.45) is 5.41 Å². The molecule has 1 saturated heterocycles. The highest BCUT2D eigenvalue weighted by atomic mass is 16.5. The first-order chi connectivity index (χ1) is 15.5. The molecule has 0 saturated carbocycles. The summed E-state index contributed by atoms with van der Waals surface area (Å²) < 4.78 is 5.87. The summed E-state index contributed by atoms with van der Waals surface area (Å²) in [6, 6.07) is 8.00. The Morgan fingerprint density at radius 3 is 2.59 bits per heavy atom. The number of fused-ring (bicyclic) bond motifs is 1. The van der Waals surface area contributed by atoms with Gasteiger partial charge in [-0.1, -0.05) is 24.6 Å². The second kappa shape index (κ2) is 9.67. The minimum Gasteiger partial charge on any atom is -0.483 e. The normalized spacial score (nSPS) is 19.5. The molecule has 7 heteroatoms. The maximum atomic E-state index is 12.9. The molecule has 1 aromatic heterocycles. The molecule has 1 aromatic carbocycles. The van der Waals surface area contributed by atoms with Crippen molar-refractivity contribution in [1.29, 1.82) is 0 Å². The highest BCUT2D eigenvalue weighted by molar-refractivity contribution is 5.92. The van der Waals surface area contributed by atoms with Gasteiger partial charge in [0.05, 0.1) is 11.9 Å². The van der Waals surface area contributed by atoms with E-state index in [1.807, 2.05) is 42.0 Å². The fraction of sp³-hybridized carbons (Fsp3) is 0.520. The fourth-order valence-corrected chi connectivity index (χ4v) is 4.84. The number of carbonyl (C=O) groups excluding carboxylic acids is 2. The number of rotatable bonds is 1. The van der Waals surface area contributed by atoms with Crippen LogP contribution in [0.5, 0.6) is 5.75 Å². The molecule has 2 aromatic rings. The highest BCUT2D eigenvalue weighted by Crippen LogP contribution is 2.38. The lowest BCUT2D eigenvalue weighted by atomic mass is 9.73. The Labute approximate surface area is 189 Å². The van der Waals surface area contributed by atoms with E-state index in [9.17, 15) is 9.59 Å². The third-order valence-electron chi connectivity index (χ3n) is 6.84. The van der Waals surface area contributed by atoms with Gasteiger partial charge in [0, 0.05) is 32.9 Å². The summed E-state index contributed by atoms with van der Waals surface area (Å²) in [5, 5.41) is 0. The van der Waals surface area contributed by atoms with Crippen LogP contribution < -0.4 is 4.74 Å². The van der Waals surface area contributed by atoms with E-state index in [1.165, 1.54) is 0 Å². The number of ether oxygens (including phenoxy) is 1. The first-order valence-electron chi connectivity index (χ1n) is 11.5. The molecule has 1 fully saturated rings. The predicted octanol–water partition coefficient (Wildman–Crippen LogP) is 3.27. The van der Waals surface area contributed by atoms with Crippen LogP contribution in [0.1, 0.15) is 53.8 Å². The molecule has 2 aliphatic heterocycles. The van der Waals surface area contributed by atoms with Crippen molar-refractivity contribution in [1.82, 2.24) is 19.8 Å². The van der Waals surface area contributed by atoms with E-state index in [1.54, 1.807) is 12.4 Å². The minimum absolute atomic E-state index is 0.00631. The van der Waals surface area contributed by atoms with E-state index < -0.39 is 0 Å². The number of para-hydroxylation sites is 1. The SMILES string of the molecule is Cc1cnc(C(=O)N2CCC3(CCCCc4ccccc4OCC(=O)N(C)C3)CC2)cn1. The Kier molecular flexibility index (Phi) is 6.72. The van der Waals surface area contributed by atoms with Crippen LogP contribution in [0, 0.1) is 12.3 Å². The van der Waals surface area contributed by atoms with Crippen LogP contribution in [0.15, 0.2) is 36.7 Å². The first-order valence-corrected chi connectivity index (χ1v) is 11.5. The second-order valence-corrected chi connectivity index (χ2v) is 9.19. The van der Waals surface area contributed by atoms with E-state index in [2.05, 4.69) is 16.0 Å². The zero-order valence-electron chi connectivity index (χ0n) is 19.0. The molecule has 32 heavy (non-hydrogen) atoms. The molecular formula is C25H32N4O3. The third-order valence-corrected chi connectivity index (χ3v) is 6.84. The van der Waals surface area contributed by atoms with E-state index in [-0.39, 0.29) is 23.8 Å². The summed E-state index contributed by atoms with van der Waals surface area (Å²) in [6.45, 7) is 3.96. The Hall–Kier alpha value is -2.96. The number of benzene rings is 1. The Bertz CT molecular complexity index is 952. The van der Waals surface area contributed by atoms with Crippen molar-refractivity contribution >= 4 is 11.8 Å². The number of aromatic nitrogens is 2. The van der Waals surface area contributed by atoms with Crippen molar-refractivity contribution in [2.45, 2.75) is 45.4 Å². The molecular weight excluding hydrogens is 404 g/mol. The quantitative estimate of drug-likeness (QED) is 0.686. The third kappa shape index (κ3) is 5.09. The minimum atomic E-state index is -0.0602. The summed E-state index contributed by atoms with van der Waals surface area (Å²) >= 11 is 0. The van der Waals surface area contributed by atoms with Gasteiger partial charge in [0.1, 0.15) is 11.4 Å². The van der Waals surface area contributed by atoms with Crippen LogP contribution in [0.4, 0.5) is 0 Å². The van der Waals surface area contributed by atoms with Gasteiger partial charge in [-0.15, -0.1) is 0 Å². The molecule has 0 aliphatic carbocycles. The summed E-state index contributed by atoms with van der Waals surface area (Å²) in [6.07, 6.45) is 9.14. The maximum absolute atomic E-state index is 12.9. The molecule has 0 unspecified atom stereocenters. The van der Waals surface area contributed by atoms with E-state index >= 15 is 0 Å². The molecule has 4 rings (SSSR count). The van der Waals surface area contributed by atoms with Gasteiger partial charge in [-0.05, 0) is 56.1 Å². The lowest BCUT2D eigenvalue weighted by Gasteiger charge is -2.44. The molecule has 0 bridgehead atoms. The lowest BCUT2D eigenvalue weighted by molar-refractivity contribution is -0.134. The van der Waals surface area contributed by atoms with Crippen LogP contribution in [0.2, 0.25) is 0 Å². The average Bonchev–Trinajstić information content (AvgIpc) is 2.81. The van der Waals surface area contributed by atoms with Crippen molar-refractivity contribution in [3.63, 3.8) is 0 Å². The standard InChI is InChI=1S/C25H32N4O3/c1-19-15-27-21(16-26-19)24(31)29-13-11-25(12-14-29)10-6-5-8-20-7-3-4-9-22(20)32-17-23(30)28(2)18-25/h3-4,7,9,15-16H,5-6,8,10-14,17-18H2,1-2H3. The Balaban J connectivity index is 1.44. The first kappa shape index (κ1) is 22.2. The smallest absolute Gasteiger partial charge is 0.274 e. The van der Waals surface area contributed by atoms with Gasteiger partial charge in [0.2, 0.25) is 0 Å². The van der Waals surface area contributed by atoms with Crippen LogP contribution in [0.3, 0.4) is 0 Å². The molecule has 2 aliphatic rings. The van der Waals surface area contributed by atoms with Gasteiger partial charge in [0.15, 0.2) is 6.61 Å². The Morgan fingerprint density at radius 1 is 1.06 bits per heavy atom. The monoisotopic (exact) mass is 436 g/mol. The van der Waals surface area contributed by atoms with E-state index in [4.69, 9.17) is 4.74 Å². The summed E-state index contributed by atoms with van der Waals surface area (Å²) in [5.41, 5.74) is 2.39. The van der Waals surface area contributed by atoms with Crippen LogP contribution >= 0.6 is 0 Å². The number of aryl methyl sites for hydroxylation is 2. The number of hydrogen-bond donors (Lipinski definition) is 0. The Morgan fingerprint density at radius 2 is 1.84 bits per heavy atom. The topological polar surface area (TPSA) is 75.6 Å². The fourth-order valence-electron chi connectivity index (χ4n) is 4.84. The predicted molar refractivity (Wildman–Crippen MR) is 121 cm³/mol. The van der Waals surface area contributed by atoms with Gasteiger partial charge in [0.25, 0.3) is 11.8 Å². The molecule has 3 heterocycles. The van der Waals surface area contributed by atoms with Gasteiger partial charge >= 0.3 is 0 Å². The van der Waals surface area contributed by atoms with Gasteiger partial charge in [-0.3, -0.25) is 14.6 Å². The van der Waals surface area contributed by atoms with Crippen LogP contribution in [-0.2, 0) is 11.2 Å². The van der Waals surface area contributed by atoms with Crippen molar-refractivity contribution < 1.29 is 14.3 Å². The van der Waals surface area contributed by atoms with Crippen LogP contribution in [0.25, 0.3) is 0 Å². The zero-order valence-corrected chi connectivity index (χ0v) is 19.0. The highest BCUT2D eigenvalue weighted by Gasteiger charge is 2.38. The van der Waals surface area contributed by atoms with Gasteiger partial charge < -0.3 is 14.5 Å². The maximum Gasteiger partial charge on any atom is 0.274 e. The number of likely N-dealkylation sites (tertiary alicyclic amines) is 1. The number of hydrogen-bond acceptors (Lipinski definition) is 5. The van der Waals surface area contributed by atoms with E-state index in [0.717, 1.165) is 55.5 Å². The van der Waals surface area contributed by atoms with E-state index in [0.29, 0.717) is 25.3 Å². The van der Waals surface area contributed by atoms with Crippen molar-refractivity contribution in [2.75, 3.05) is 33.3 Å². The molecule has 0 atom stereocenters. The molecule has 7 nitrogen and oxygen atoms in total. The lowest BCUT2D eigenvalue weighted by Crippen LogP contribution is -2.49. The number of nitrogens with zero attached hydrogens (tertiary/aromatic N) is 4. The molecule has 0 radical (unpaired) electrons. The largest absolute Gasteiger partial charge is 0.483 e. The summed E-state index contributed by atoms with van der Waals surface area (Å²) in [4.78, 5) is 37.8. The van der Waals surface area contributed by atoms with Gasteiger partial charge in [-0.25, -0.2) is 4.98 Å². The number of piperidine rings is 1. The molecule has 170 valence electrons. The van der Waals surface area contributed by atoms with Crippen molar-refractivity contribution in [3.8, 4) is 5.75 Å². The molecule has 2 amide bonds. The summed E-state index contributed by atoms with van der Waals surface area (Å²) in [5.74, 6) is 0.749. The molecule has 1 spiro atoms.